The van der Waals surface area contributed by atoms with Crippen molar-refractivity contribution in [2.75, 3.05) is 32.7 Å². The molecule has 2 aromatic carbocycles. The highest BCUT2D eigenvalue weighted by molar-refractivity contribution is 7.91. The Morgan fingerprint density at radius 3 is 2.28 bits per heavy atom. The van der Waals surface area contributed by atoms with E-state index < -0.39 is 33.9 Å². The predicted molar refractivity (Wildman–Crippen MR) is 143 cm³/mol. The standard InChI is InChI=1S/C26H36N4O8S/c1-18-14-21(15-19(2)23(18)39(34,35)17-30-24(27)25(32)36-3)37-13-7-10-22(31)28-11-12-29-26(33)38-16-20-8-5-4-6-9-20/h4-6,8-9,14-15,24,30H,7,10-13,16-17,27H2,1-3H3,(H,28,31)(H,29,33). The molecular formula is C26H36N4O8S. The second-order valence-corrected chi connectivity index (χ2v) is 10.6. The number of carbonyl (C=O) groups excluding carboxylic acids is 3. The first kappa shape index (κ1) is 31.5. The highest BCUT2D eigenvalue weighted by Crippen LogP contribution is 2.26. The van der Waals surface area contributed by atoms with Crippen molar-refractivity contribution < 1.29 is 37.0 Å². The van der Waals surface area contributed by atoms with Crippen LogP contribution in [0.2, 0.25) is 0 Å². The molecule has 2 amide bonds. The number of carbonyl (C=O) groups is 3. The minimum Gasteiger partial charge on any atom is -0.494 e. The second kappa shape index (κ2) is 15.7. The molecule has 0 heterocycles. The van der Waals surface area contributed by atoms with Crippen LogP contribution in [-0.2, 0) is 35.5 Å². The fraction of sp³-hybridized carbons (Fsp3) is 0.423. The van der Waals surface area contributed by atoms with Crippen LogP contribution in [0.5, 0.6) is 5.75 Å². The number of hydrogen-bond donors (Lipinski definition) is 4. The van der Waals surface area contributed by atoms with Crippen molar-refractivity contribution in [2.24, 2.45) is 5.73 Å². The van der Waals surface area contributed by atoms with Crippen LogP contribution in [0.1, 0.15) is 29.5 Å². The maximum absolute atomic E-state index is 12.8. The Labute approximate surface area is 228 Å². The van der Waals surface area contributed by atoms with E-state index in [0.717, 1.165) is 12.7 Å². The fourth-order valence-electron chi connectivity index (χ4n) is 3.62. The van der Waals surface area contributed by atoms with E-state index in [0.29, 0.717) is 23.3 Å². The molecule has 0 radical (unpaired) electrons. The molecule has 39 heavy (non-hydrogen) atoms. The summed E-state index contributed by atoms with van der Waals surface area (Å²) in [5.41, 5.74) is 7.39. The summed E-state index contributed by atoms with van der Waals surface area (Å²) in [6, 6.07) is 12.5. The smallest absolute Gasteiger partial charge is 0.407 e. The molecular weight excluding hydrogens is 528 g/mol. The molecule has 0 saturated carbocycles. The highest BCUT2D eigenvalue weighted by atomic mass is 32.2. The molecule has 1 atom stereocenters. The predicted octanol–water partition coefficient (Wildman–Crippen LogP) is 1.28. The van der Waals surface area contributed by atoms with Crippen molar-refractivity contribution in [3.63, 3.8) is 0 Å². The molecule has 0 bridgehead atoms. The molecule has 0 saturated heterocycles. The van der Waals surface area contributed by atoms with Gasteiger partial charge in [0, 0.05) is 19.5 Å². The Hall–Kier alpha value is -3.68. The molecule has 0 aliphatic heterocycles. The van der Waals surface area contributed by atoms with E-state index in [1.807, 2.05) is 30.3 Å². The number of benzene rings is 2. The van der Waals surface area contributed by atoms with E-state index in [-0.39, 0.29) is 43.5 Å². The number of nitrogens with two attached hydrogens (primary N) is 1. The number of amides is 2. The van der Waals surface area contributed by atoms with Crippen molar-refractivity contribution >= 4 is 27.8 Å². The van der Waals surface area contributed by atoms with Crippen molar-refractivity contribution in [3.8, 4) is 5.75 Å². The summed E-state index contributed by atoms with van der Waals surface area (Å²) < 4.78 is 40.9. The first-order chi connectivity index (χ1) is 18.5. The lowest BCUT2D eigenvalue weighted by Gasteiger charge is -2.16. The topological polar surface area (TPSA) is 175 Å². The lowest BCUT2D eigenvalue weighted by Crippen LogP contribution is -2.47. The van der Waals surface area contributed by atoms with Gasteiger partial charge in [-0.25, -0.2) is 18.0 Å². The third kappa shape index (κ3) is 10.9. The number of nitrogens with one attached hydrogen (secondary N) is 3. The quantitative estimate of drug-likeness (QED) is 0.140. The van der Waals surface area contributed by atoms with Crippen LogP contribution in [0.15, 0.2) is 47.4 Å². The molecule has 0 aromatic heterocycles. The molecule has 12 nitrogen and oxygen atoms in total. The third-order valence-electron chi connectivity index (χ3n) is 5.44. The largest absolute Gasteiger partial charge is 0.494 e. The summed E-state index contributed by atoms with van der Waals surface area (Å²) >= 11 is 0. The zero-order valence-electron chi connectivity index (χ0n) is 22.3. The lowest BCUT2D eigenvalue weighted by atomic mass is 10.1. The van der Waals surface area contributed by atoms with E-state index in [2.05, 4.69) is 20.7 Å². The molecule has 2 rings (SSSR count). The first-order valence-corrected chi connectivity index (χ1v) is 13.9. The van der Waals surface area contributed by atoms with Crippen LogP contribution in [0.4, 0.5) is 4.79 Å². The average Bonchev–Trinajstić information content (AvgIpc) is 2.90. The second-order valence-electron chi connectivity index (χ2n) is 8.64. The molecule has 0 fully saturated rings. The van der Waals surface area contributed by atoms with Gasteiger partial charge in [0.1, 0.15) is 18.2 Å². The van der Waals surface area contributed by atoms with Gasteiger partial charge in [0.25, 0.3) is 0 Å². The van der Waals surface area contributed by atoms with Crippen LogP contribution < -0.4 is 26.4 Å². The Morgan fingerprint density at radius 1 is 1.00 bits per heavy atom. The normalized spacial score (nSPS) is 11.8. The minimum absolute atomic E-state index is 0.122. The average molecular weight is 565 g/mol. The van der Waals surface area contributed by atoms with E-state index in [1.165, 1.54) is 0 Å². The number of hydrogen-bond acceptors (Lipinski definition) is 10. The maximum Gasteiger partial charge on any atom is 0.407 e. The molecule has 1 unspecified atom stereocenters. The van der Waals surface area contributed by atoms with Crippen molar-refractivity contribution in [2.45, 2.75) is 44.4 Å². The van der Waals surface area contributed by atoms with Gasteiger partial charge in [-0.3, -0.25) is 10.1 Å². The molecule has 2 aromatic rings. The van der Waals surface area contributed by atoms with Crippen LogP contribution in [0, 0.1) is 13.8 Å². The summed E-state index contributed by atoms with van der Waals surface area (Å²) in [5.74, 6) is -1.02. The monoisotopic (exact) mass is 564 g/mol. The van der Waals surface area contributed by atoms with E-state index in [4.69, 9.17) is 15.2 Å². The van der Waals surface area contributed by atoms with Gasteiger partial charge in [0.15, 0.2) is 16.0 Å². The number of aryl methyl sites for hydroxylation is 2. The number of alkyl carbamates (subject to hydrolysis) is 1. The Balaban J connectivity index is 1.69. The third-order valence-corrected chi connectivity index (χ3v) is 7.25. The highest BCUT2D eigenvalue weighted by Gasteiger charge is 2.23. The summed E-state index contributed by atoms with van der Waals surface area (Å²) in [5, 5.41) is 7.73. The summed E-state index contributed by atoms with van der Waals surface area (Å²) in [4.78, 5) is 35.2. The van der Waals surface area contributed by atoms with Gasteiger partial charge in [-0.2, -0.15) is 0 Å². The van der Waals surface area contributed by atoms with Crippen molar-refractivity contribution in [1.29, 1.82) is 0 Å². The van der Waals surface area contributed by atoms with Gasteiger partial charge in [0.05, 0.1) is 18.6 Å². The fourth-order valence-corrected chi connectivity index (χ4v) is 5.26. The summed E-state index contributed by atoms with van der Waals surface area (Å²) in [6.07, 6.45) is -1.17. The zero-order chi connectivity index (χ0) is 28.8. The summed E-state index contributed by atoms with van der Waals surface area (Å²) in [7, 11) is -2.63. The minimum atomic E-state index is -3.79. The van der Waals surface area contributed by atoms with E-state index in [9.17, 15) is 22.8 Å². The molecule has 0 aliphatic rings. The zero-order valence-corrected chi connectivity index (χ0v) is 23.1. The molecule has 214 valence electrons. The van der Waals surface area contributed by atoms with Crippen LogP contribution >= 0.6 is 0 Å². The van der Waals surface area contributed by atoms with Crippen molar-refractivity contribution in [1.82, 2.24) is 16.0 Å². The lowest BCUT2D eigenvalue weighted by molar-refractivity contribution is -0.142. The van der Waals surface area contributed by atoms with Crippen LogP contribution in [0.3, 0.4) is 0 Å². The van der Waals surface area contributed by atoms with Gasteiger partial charge in [-0.15, -0.1) is 0 Å². The van der Waals surface area contributed by atoms with E-state index >= 15 is 0 Å². The number of esters is 1. The number of methoxy groups -OCH3 is 1. The number of rotatable bonds is 15. The number of ether oxygens (including phenoxy) is 3. The first-order valence-electron chi connectivity index (χ1n) is 12.3. The van der Waals surface area contributed by atoms with Gasteiger partial charge >= 0.3 is 12.1 Å². The van der Waals surface area contributed by atoms with Crippen LogP contribution in [-0.4, -0.2) is 65.2 Å². The Bertz CT molecular complexity index is 1200. The van der Waals surface area contributed by atoms with Gasteiger partial charge in [-0.1, -0.05) is 30.3 Å². The van der Waals surface area contributed by atoms with E-state index in [1.54, 1.807) is 26.0 Å². The van der Waals surface area contributed by atoms with Gasteiger partial charge in [0.2, 0.25) is 5.91 Å². The van der Waals surface area contributed by atoms with Crippen molar-refractivity contribution in [3.05, 3.63) is 59.2 Å². The molecule has 0 aliphatic carbocycles. The summed E-state index contributed by atoms with van der Waals surface area (Å²) in [6.45, 7) is 4.19. The van der Waals surface area contributed by atoms with Crippen LogP contribution in [0.25, 0.3) is 0 Å². The maximum atomic E-state index is 12.8. The number of sulfone groups is 1. The molecule has 13 heteroatoms. The van der Waals surface area contributed by atoms with Gasteiger partial charge < -0.3 is 30.6 Å². The van der Waals surface area contributed by atoms with Gasteiger partial charge in [-0.05, 0) is 49.1 Å². The Kier molecular flexibility index (Phi) is 12.7. The molecule has 0 spiro atoms. The molecule has 5 N–H and O–H groups in total. The Morgan fingerprint density at radius 2 is 1.64 bits per heavy atom. The SMILES string of the molecule is COC(=O)C(N)NCS(=O)(=O)c1c(C)cc(OCCCC(=O)NCCNC(=O)OCc2ccccc2)cc1C.